The average Bonchev–Trinajstić information content (AvgIpc) is 3.01. The number of rotatable bonds is 33. The summed E-state index contributed by atoms with van der Waals surface area (Å²) in [7, 11) is 1.15. The second-order valence-corrected chi connectivity index (χ2v) is 15.0. The van der Waals surface area contributed by atoms with Crippen molar-refractivity contribution >= 4 is 19.8 Å². The molecule has 0 amide bonds. The lowest BCUT2D eigenvalue weighted by molar-refractivity contribution is -0.870. The summed E-state index contributed by atoms with van der Waals surface area (Å²) in [6.07, 6.45) is 29.4. The summed E-state index contributed by atoms with van der Waals surface area (Å²) in [5.41, 5.74) is 0. The average molecular weight is 688 g/mol. The monoisotopic (exact) mass is 687 g/mol. The largest absolute Gasteiger partial charge is 0.756 e. The van der Waals surface area contributed by atoms with Gasteiger partial charge in [0, 0.05) is 12.8 Å². The third-order valence-electron chi connectivity index (χ3n) is 7.72. The number of carbonyl (C=O) groups is 2. The molecule has 10 heteroatoms. The smallest absolute Gasteiger partial charge is 0.306 e. The minimum absolute atomic E-state index is 0.0344. The van der Waals surface area contributed by atoms with Crippen molar-refractivity contribution in [1.82, 2.24) is 0 Å². The van der Waals surface area contributed by atoms with E-state index in [9.17, 15) is 19.0 Å². The highest BCUT2D eigenvalue weighted by Gasteiger charge is 2.21. The maximum absolute atomic E-state index is 12.5. The van der Waals surface area contributed by atoms with Crippen LogP contribution in [-0.2, 0) is 32.7 Å². The lowest BCUT2D eigenvalue weighted by Crippen LogP contribution is -2.37. The zero-order chi connectivity index (χ0) is 35.1. The van der Waals surface area contributed by atoms with Crippen LogP contribution >= 0.6 is 7.82 Å². The van der Waals surface area contributed by atoms with Crippen molar-refractivity contribution in [3.05, 3.63) is 24.3 Å². The molecule has 0 saturated heterocycles. The van der Waals surface area contributed by atoms with Crippen LogP contribution in [0.1, 0.15) is 149 Å². The first-order chi connectivity index (χ1) is 22.5. The Morgan fingerprint density at radius 1 is 0.660 bits per heavy atom. The van der Waals surface area contributed by atoms with Crippen molar-refractivity contribution in [2.75, 3.05) is 47.5 Å². The summed E-state index contributed by atoms with van der Waals surface area (Å²) >= 11 is 0. The molecule has 0 bridgehead atoms. The van der Waals surface area contributed by atoms with E-state index in [1.165, 1.54) is 64.2 Å². The molecule has 0 N–H and O–H groups in total. The zero-order valence-electron chi connectivity index (χ0n) is 30.7. The van der Waals surface area contributed by atoms with Crippen molar-refractivity contribution in [3.8, 4) is 0 Å². The quantitative estimate of drug-likeness (QED) is 0.0221. The molecule has 0 saturated carbocycles. The summed E-state index contributed by atoms with van der Waals surface area (Å²) in [4.78, 5) is 37.1. The van der Waals surface area contributed by atoms with Gasteiger partial charge in [0.25, 0.3) is 7.82 Å². The molecule has 0 fully saturated rings. The molecule has 1 unspecified atom stereocenters. The molecule has 0 aliphatic carbocycles. The van der Waals surface area contributed by atoms with Crippen LogP contribution in [0.25, 0.3) is 0 Å². The zero-order valence-corrected chi connectivity index (χ0v) is 31.6. The number of allylic oxidation sites excluding steroid dienone is 4. The second-order valence-electron chi connectivity index (χ2n) is 13.6. The van der Waals surface area contributed by atoms with Crippen LogP contribution in [0.15, 0.2) is 24.3 Å². The molecule has 47 heavy (non-hydrogen) atoms. The Balaban J connectivity index is 4.46. The molecule has 0 radical (unpaired) electrons. The van der Waals surface area contributed by atoms with Gasteiger partial charge in [-0.15, -0.1) is 0 Å². The number of hydrogen-bond donors (Lipinski definition) is 0. The summed E-state index contributed by atoms with van der Waals surface area (Å²) < 4.78 is 33.6. The highest BCUT2D eigenvalue weighted by molar-refractivity contribution is 7.45. The van der Waals surface area contributed by atoms with Crippen LogP contribution in [-0.4, -0.2) is 70.0 Å². The van der Waals surface area contributed by atoms with Gasteiger partial charge in [-0.3, -0.25) is 14.2 Å². The lowest BCUT2D eigenvalue weighted by atomic mass is 10.1. The number of ether oxygens (including phenoxy) is 2. The van der Waals surface area contributed by atoms with Gasteiger partial charge in [-0.05, 0) is 44.9 Å². The summed E-state index contributed by atoms with van der Waals surface area (Å²) in [5.74, 6) is -0.878. The van der Waals surface area contributed by atoms with E-state index in [0.29, 0.717) is 23.9 Å². The second kappa shape index (κ2) is 30.5. The number of phosphoric ester groups is 1. The predicted octanol–water partition coefficient (Wildman–Crippen LogP) is 8.99. The molecule has 0 aliphatic rings. The molecular formula is C37H70NO8P. The van der Waals surface area contributed by atoms with Gasteiger partial charge in [-0.1, -0.05) is 115 Å². The number of carbonyl (C=O) groups excluding carboxylic acids is 2. The Labute approximate surface area is 288 Å². The van der Waals surface area contributed by atoms with E-state index < -0.39 is 32.5 Å². The first-order valence-electron chi connectivity index (χ1n) is 18.5. The van der Waals surface area contributed by atoms with Crippen molar-refractivity contribution in [1.29, 1.82) is 0 Å². The molecule has 2 atom stereocenters. The Morgan fingerprint density at radius 3 is 1.72 bits per heavy atom. The number of hydrogen-bond acceptors (Lipinski definition) is 8. The standard InChI is InChI=1S/C37H70NO8P/c1-6-8-10-12-14-16-17-18-19-20-21-22-24-25-27-29-36(39)43-33-35(34-45-47(41,42)44-32-31-38(3,4)5)46-37(40)30-28-26-23-15-13-11-9-7-2/h18-19,21-22,35H,6-17,20,23-34H2,1-5H3/b19-18+,22-21+/t35-/m0/s1. The number of esters is 2. The summed E-state index contributed by atoms with van der Waals surface area (Å²) in [5, 5.41) is 0. The van der Waals surface area contributed by atoms with Crippen LogP contribution in [0.2, 0.25) is 0 Å². The fourth-order valence-corrected chi connectivity index (χ4v) is 5.47. The Hall–Kier alpha value is -1.51. The van der Waals surface area contributed by atoms with Gasteiger partial charge in [-0.25, -0.2) is 0 Å². The van der Waals surface area contributed by atoms with Crippen LogP contribution in [0.5, 0.6) is 0 Å². The molecule has 0 aliphatic heterocycles. The maximum Gasteiger partial charge on any atom is 0.306 e. The van der Waals surface area contributed by atoms with Gasteiger partial charge in [0.05, 0.1) is 27.7 Å². The summed E-state index contributed by atoms with van der Waals surface area (Å²) in [6, 6.07) is 0. The number of quaternary nitrogens is 1. The van der Waals surface area contributed by atoms with Crippen LogP contribution < -0.4 is 4.89 Å². The molecule has 9 nitrogen and oxygen atoms in total. The van der Waals surface area contributed by atoms with E-state index in [4.69, 9.17) is 18.5 Å². The van der Waals surface area contributed by atoms with Crippen molar-refractivity contribution in [2.45, 2.75) is 155 Å². The van der Waals surface area contributed by atoms with Gasteiger partial charge < -0.3 is 27.9 Å². The molecule has 0 spiro atoms. The minimum atomic E-state index is -4.61. The molecular weight excluding hydrogens is 617 g/mol. The van der Waals surface area contributed by atoms with Gasteiger partial charge in [-0.2, -0.15) is 0 Å². The molecule has 276 valence electrons. The fourth-order valence-electron chi connectivity index (χ4n) is 4.74. The molecule has 0 heterocycles. The number of likely N-dealkylation sites (N-methyl/N-ethyl adjacent to an activating group) is 1. The first kappa shape index (κ1) is 45.5. The predicted molar refractivity (Wildman–Crippen MR) is 190 cm³/mol. The normalized spacial score (nSPS) is 14.1. The third kappa shape index (κ3) is 34.2. The fraction of sp³-hybridized carbons (Fsp3) is 0.838. The van der Waals surface area contributed by atoms with Gasteiger partial charge >= 0.3 is 11.9 Å². The van der Waals surface area contributed by atoms with E-state index in [-0.39, 0.29) is 26.1 Å². The van der Waals surface area contributed by atoms with Gasteiger partial charge in [0.2, 0.25) is 0 Å². The van der Waals surface area contributed by atoms with Crippen molar-refractivity contribution < 1.29 is 42.1 Å². The number of phosphoric acid groups is 1. The van der Waals surface area contributed by atoms with Crippen LogP contribution in [0, 0.1) is 0 Å². The topological polar surface area (TPSA) is 111 Å². The highest BCUT2D eigenvalue weighted by atomic mass is 31.2. The Bertz CT molecular complexity index is 871. The van der Waals surface area contributed by atoms with Gasteiger partial charge in [0.1, 0.15) is 19.8 Å². The van der Waals surface area contributed by atoms with E-state index in [0.717, 1.165) is 44.9 Å². The molecule has 0 aromatic rings. The Kier molecular flexibility index (Phi) is 29.6. The lowest BCUT2D eigenvalue weighted by Gasteiger charge is -2.28. The number of nitrogens with zero attached hydrogens (tertiary/aromatic N) is 1. The molecule has 0 rings (SSSR count). The highest BCUT2D eigenvalue weighted by Crippen LogP contribution is 2.38. The van der Waals surface area contributed by atoms with E-state index in [2.05, 4.69) is 38.2 Å². The van der Waals surface area contributed by atoms with Crippen LogP contribution in [0.3, 0.4) is 0 Å². The SMILES string of the molecule is CCCCCCCC/C=C/C/C=C/CCCCC(=O)OC[C@@H](COP(=O)([O-])OCC[N+](C)(C)C)OC(=O)CCCCCCCCCC. The summed E-state index contributed by atoms with van der Waals surface area (Å²) in [6.45, 7) is 4.12. The van der Waals surface area contributed by atoms with E-state index in [1.54, 1.807) is 0 Å². The van der Waals surface area contributed by atoms with E-state index >= 15 is 0 Å². The van der Waals surface area contributed by atoms with E-state index in [1.807, 2.05) is 21.1 Å². The molecule has 0 aromatic heterocycles. The first-order valence-corrected chi connectivity index (χ1v) is 20.0. The third-order valence-corrected chi connectivity index (χ3v) is 8.69. The Morgan fingerprint density at radius 2 is 1.15 bits per heavy atom. The van der Waals surface area contributed by atoms with Gasteiger partial charge in [0.15, 0.2) is 6.10 Å². The number of unbranched alkanes of at least 4 members (excludes halogenated alkanes) is 15. The molecule has 0 aromatic carbocycles. The van der Waals surface area contributed by atoms with Crippen molar-refractivity contribution in [2.24, 2.45) is 0 Å². The van der Waals surface area contributed by atoms with Crippen molar-refractivity contribution in [3.63, 3.8) is 0 Å². The minimum Gasteiger partial charge on any atom is -0.756 e. The maximum atomic E-state index is 12.5. The van der Waals surface area contributed by atoms with Crippen LogP contribution in [0.4, 0.5) is 0 Å².